The Morgan fingerprint density at radius 3 is 2.62 bits per heavy atom. The number of hydrogen-bond donors (Lipinski definition) is 0. The van der Waals surface area contributed by atoms with E-state index in [0.29, 0.717) is 6.04 Å². The molecule has 0 spiro atoms. The molecular formula is C17H23FN6. The molecule has 1 atom stereocenters. The van der Waals surface area contributed by atoms with Gasteiger partial charge < -0.3 is 14.7 Å². The zero-order valence-electron chi connectivity index (χ0n) is 14.4. The Hall–Kier alpha value is -2.44. The normalized spacial score (nSPS) is 17.7. The quantitative estimate of drug-likeness (QED) is 0.856. The summed E-state index contributed by atoms with van der Waals surface area (Å²) in [5.74, 6) is 2.32. The smallest absolute Gasteiger partial charge is 0.141 e. The van der Waals surface area contributed by atoms with E-state index in [2.05, 4.69) is 31.8 Å². The van der Waals surface area contributed by atoms with Crippen LogP contribution in [0.5, 0.6) is 0 Å². The third kappa shape index (κ3) is 3.55. The van der Waals surface area contributed by atoms with E-state index in [4.69, 9.17) is 0 Å². The fourth-order valence-electron chi connectivity index (χ4n) is 3.00. The summed E-state index contributed by atoms with van der Waals surface area (Å²) in [6.07, 6.45) is 5.04. The van der Waals surface area contributed by atoms with Gasteiger partial charge in [0.2, 0.25) is 0 Å². The molecule has 3 heterocycles. The number of pyridine rings is 1. The van der Waals surface area contributed by atoms with E-state index in [0.717, 1.165) is 43.4 Å². The van der Waals surface area contributed by atoms with Crippen LogP contribution in [0, 0.1) is 5.82 Å². The van der Waals surface area contributed by atoms with Gasteiger partial charge in [0.15, 0.2) is 0 Å². The highest BCUT2D eigenvalue weighted by Crippen LogP contribution is 2.24. The maximum absolute atomic E-state index is 13.1. The molecule has 0 amide bonds. The minimum atomic E-state index is -0.304. The summed E-state index contributed by atoms with van der Waals surface area (Å²) in [6, 6.07) is 5.53. The molecule has 0 radical (unpaired) electrons. The van der Waals surface area contributed by atoms with Gasteiger partial charge >= 0.3 is 0 Å². The van der Waals surface area contributed by atoms with Crippen LogP contribution in [0.2, 0.25) is 0 Å². The van der Waals surface area contributed by atoms with Gasteiger partial charge in [-0.25, -0.2) is 19.3 Å². The molecule has 1 unspecified atom stereocenters. The molecule has 2 aromatic heterocycles. The Kier molecular flexibility index (Phi) is 4.78. The van der Waals surface area contributed by atoms with Crippen molar-refractivity contribution in [1.29, 1.82) is 0 Å². The van der Waals surface area contributed by atoms with Crippen molar-refractivity contribution in [3.8, 4) is 0 Å². The number of hydrogen-bond acceptors (Lipinski definition) is 6. The van der Waals surface area contributed by atoms with E-state index in [1.54, 1.807) is 12.4 Å². The Bertz CT molecular complexity index is 675. The van der Waals surface area contributed by atoms with Crippen LogP contribution >= 0.6 is 0 Å². The summed E-state index contributed by atoms with van der Waals surface area (Å²) in [4.78, 5) is 19.3. The summed E-state index contributed by atoms with van der Waals surface area (Å²) in [6.45, 7) is 1.78. The van der Waals surface area contributed by atoms with Crippen molar-refractivity contribution in [1.82, 2.24) is 15.0 Å². The van der Waals surface area contributed by atoms with Crippen LogP contribution in [-0.4, -0.2) is 55.2 Å². The Morgan fingerprint density at radius 1 is 1.12 bits per heavy atom. The zero-order chi connectivity index (χ0) is 17.1. The number of nitrogens with zero attached hydrogens (tertiary/aromatic N) is 6. The molecule has 0 bridgehead atoms. The molecule has 1 fully saturated rings. The number of likely N-dealkylation sites (N-methyl/N-ethyl adjacent to an activating group) is 1. The SMILES string of the molecule is CN(C)c1cc(N(C)C2CCCN(c3ccc(F)cn3)C2)ncn1. The number of halogens is 1. The molecule has 0 saturated carbocycles. The van der Waals surface area contributed by atoms with Crippen LogP contribution in [-0.2, 0) is 0 Å². The van der Waals surface area contributed by atoms with Crippen molar-refractivity contribution in [2.24, 2.45) is 0 Å². The average Bonchev–Trinajstić information content (AvgIpc) is 2.62. The van der Waals surface area contributed by atoms with Crippen molar-refractivity contribution < 1.29 is 4.39 Å². The molecule has 0 aromatic carbocycles. The van der Waals surface area contributed by atoms with E-state index in [-0.39, 0.29) is 5.82 Å². The molecule has 0 N–H and O–H groups in total. The van der Waals surface area contributed by atoms with Crippen molar-refractivity contribution in [2.45, 2.75) is 18.9 Å². The maximum Gasteiger partial charge on any atom is 0.141 e. The van der Waals surface area contributed by atoms with Crippen LogP contribution in [0.25, 0.3) is 0 Å². The first-order valence-corrected chi connectivity index (χ1v) is 8.13. The second-order valence-electron chi connectivity index (χ2n) is 6.32. The van der Waals surface area contributed by atoms with Crippen LogP contribution in [0.15, 0.2) is 30.7 Å². The van der Waals surface area contributed by atoms with Gasteiger partial charge in [0, 0.05) is 46.3 Å². The summed E-state index contributed by atoms with van der Waals surface area (Å²) < 4.78 is 13.1. The predicted molar refractivity (Wildman–Crippen MR) is 94.2 cm³/mol. The number of anilines is 3. The second-order valence-corrected chi connectivity index (χ2v) is 6.32. The molecule has 0 aliphatic carbocycles. The van der Waals surface area contributed by atoms with Crippen LogP contribution < -0.4 is 14.7 Å². The van der Waals surface area contributed by atoms with E-state index >= 15 is 0 Å². The standard InChI is InChI=1S/C17H23FN6/c1-22(2)16-9-17(21-12-20-16)23(3)14-5-4-8-24(11-14)15-7-6-13(18)10-19-15/h6-7,9-10,12,14H,4-5,8,11H2,1-3H3. The predicted octanol–water partition coefficient (Wildman–Crippen LogP) is 2.18. The maximum atomic E-state index is 13.1. The van der Waals surface area contributed by atoms with Crippen molar-refractivity contribution in [3.05, 3.63) is 36.5 Å². The lowest BCUT2D eigenvalue weighted by atomic mass is 10.0. The highest BCUT2D eigenvalue weighted by molar-refractivity contribution is 5.50. The molecule has 2 aromatic rings. The van der Waals surface area contributed by atoms with Crippen molar-refractivity contribution >= 4 is 17.5 Å². The molecule has 1 aliphatic heterocycles. The van der Waals surface area contributed by atoms with Gasteiger partial charge in [0.1, 0.15) is 29.6 Å². The largest absolute Gasteiger partial charge is 0.363 e. The number of aromatic nitrogens is 3. The molecule has 7 heteroatoms. The average molecular weight is 330 g/mol. The van der Waals surface area contributed by atoms with Crippen molar-refractivity contribution in [2.75, 3.05) is 48.9 Å². The fraction of sp³-hybridized carbons (Fsp3) is 0.471. The Morgan fingerprint density at radius 2 is 1.92 bits per heavy atom. The topological polar surface area (TPSA) is 48.4 Å². The highest BCUT2D eigenvalue weighted by atomic mass is 19.1. The first-order valence-electron chi connectivity index (χ1n) is 8.13. The van der Waals surface area contributed by atoms with Gasteiger partial charge in [-0.1, -0.05) is 0 Å². The second kappa shape index (κ2) is 6.98. The summed E-state index contributed by atoms with van der Waals surface area (Å²) in [5.41, 5.74) is 0. The minimum Gasteiger partial charge on any atom is -0.363 e. The lowest BCUT2D eigenvalue weighted by Gasteiger charge is -2.38. The van der Waals surface area contributed by atoms with Gasteiger partial charge in [-0.2, -0.15) is 0 Å². The molecule has 6 nitrogen and oxygen atoms in total. The van der Waals surface area contributed by atoms with E-state index in [1.165, 1.54) is 12.3 Å². The molecule has 3 rings (SSSR count). The first kappa shape index (κ1) is 16.4. The van der Waals surface area contributed by atoms with Crippen molar-refractivity contribution in [3.63, 3.8) is 0 Å². The highest BCUT2D eigenvalue weighted by Gasteiger charge is 2.25. The minimum absolute atomic E-state index is 0.304. The lowest BCUT2D eigenvalue weighted by Crippen LogP contribution is -2.47. The fourth-order valence-corrected chi connectivity index (χ4v) is 3.00. The van der Waals surface area contributed by atoms with Gasteiger partial charge in [-0.15, -0.1) is 0 Å². The van der Waals surface area contributed by atoms with Crippen LogP contribution in [0.4, 0.5) is 21.8 Å². The Labute approximate surface area is 142 Å². The van der Waals surface area contributed by atoms with Crippen LogP contribution in [0.3, 0.4) is 0 Å². The zero-order valence-corrected chi connectivity index (χ0v) is 14.4. The molecule has 1 aliphatic rings. The number of rotatable bonds is 4. The van der Waals surface area contributed by atoms with Crippen LogP contribution in [0.1, 0.15) is 12.8 Å². The Balaban J connectivity index is 1.74. The van der Waals surface area contributed by atoms with E-state index in [1.807, 2.05) is 25.1 Å². The van der Waals surface area contributed by atoms with Gasteiger partial charge in [0.05, 0.1) is 6.20 Å². The summed E-state index contributed by atoms with van der Waals surface area (Å²) >= 11 is 0. The van der Waals surface area contributed by atoms with E-state index in [9.17, 15) is 4.39 Å². The third-order valence-corrected chi connectivity index (χ3v) is 4.44. The van der Waals surface area contributed by atoms with Gasteiger partial charge in [-0.05, 0) is 25.0 Å². The molecule has 24 heavy (non-hydrogen) atoms. The molecule has 1 saturated heterocycles. The van der Waals surface area contributed by atoms with E-state index < -0.39 is 0 Å². The van der Waals surface area contributed by atoms with Gasteiger partial charge in [0.25, 0.3) is 0 Å². The monoisotopic (exact) mass is 330 g/mol. The number of piperidine rings is 1. The first-order chi connectivity index (χ1) is 11.5. The molecule has 128 valence electrons. The molecular weight excluding hydrogens is 307 g/mol. The third-order valence-electron chi connectivity index (χ3n) is 4.44. The van der Waals surface area contributed by atoms with Gasteiger partial charge in [-0.3, -0.25) is 0 Å². The lowest BCUT2D eigenvalue weighted by molar-refractivity contribution is 0.483. The summed E-state index contributed by atoms with van der Waals surface area (Å²) in [7, 11) is 6.00. The summed E-state index contributed by atoms with van der Waals surface area (Å²) in [5, 5.41) is 0.